The third-order valence-corrected chi connectivity index (χ3v) is 5.19. The van der Waals surface area contributed by atoms with Crippen LogP contribution in [0, 0.1) is 5.92 Å². The first-order valence-electron chi connectivity index (χ1n) is 5.61. The van der Waals surface area contributed by atoms with E-state index >= 15 is 0 Å². The Bertz CT molecular complexity index is 352. The molecule has 1 aromatic rings. The standard InChI is InChI=1S/C12H16BrNOS/c1-9-4-5-14(8-11(9)13)12(15)7-10-3-2-6-16-10/h2-3,6,9,11H,4-5,7-8H2,1H3. The van der Waals surface area contributed by atoms with Crippen LogP contribution in [0.5, 0.6) is 0 Å². The maximum Gasteiger partial charge on any atom is 0.227 e. The molecule has 2 rings (SSSR count). The molecule has 1 amide bonds. The maximum atomic E-state index is 12.0. The summed E-state index contributed by atoms with van der Waals surface area (Å²) < 4.78 is 0. The van der Waals surface area contributed by atoms with Crippen LogP contribution in [-0.2, 0) is 11.2 Å². The van der Waals surface area contributed by atoms with Gasteiger partial charge < -0.3 is 4.90 Å². The summed E-state index contributed by atoms with van der Waals surface area (Å²) in [5, 5.41) is 2.02. The van der Waals surface area contributed by atoms with Crippen LogP contribution in [0.3, 0.4) is 0 Å². The Labute approximate surface area is 109 Å². The monoisotopic (exact) mass is 301 g/mol. The lowest BCUT2D eigenvalue weighted by atomic mass is 9.99. The van der Waals surface area contributed by atoms with Crippen molar-refractivity contribution < 1.29 is 4.79 Å². The van der Waals surface area contributed by atoms with Gasteiger partial charge in [-0.3, -0.25) is 4.79 Å². The number of carbonyl (C=O) groups is 1. The van der Waals surface area contributed by atoms with Gasteiger partial charge in [-0.2, -0.15) is 0 Å². The first kappa shape index (κ1) is 12.1. The molecular weight excluding hydrogens is 286 g/mol. The van der Waals surface area contributed by atoms with Gasteiger partial charge in [-0.05, 0) is 23.8 Å². The molecule has 0 bridgehead atoms. The summed E-state index contributed by atoms with van der Waals surface area (Å²) in [4.78, 5) is 15.6. The van der Waals surface area contributed by atoms with Crippen molar-refractivity contribution in [2.75, 3.05) is 13.1 Å². The van der Waals surface area contributed by atoms with E-state index in [9.17, 15) is 4.79 Å². The second-order valence-corrected chi connectivity index (χ2v) is 6.59. The van der Waals surface area contributed by atoms with Gasteiger partial charge in [0.05, 0.1) is 6.42 Å². The molecule has 1 aliphatic heterocycles. The van der Waals surface area contributed by atoms with Gasteiger partial charge in [0, 0.05) is 22.8 Å². The minimum Gasteiger partial charge on any atom is -0.341 e. The van der Waals surface area contributed by atoms with Crippen LogP contribution in [-0.4, -0.2) is 28.7 Å². The Morgan fingerprint density at radius 1 is 1.69 bits per heavy atom. The lowest BCUT2D eigenvalue weighted by Crippen LogP contribution is -2.44. The number of hydrogen-bond donors (Lipinski definition) is 0. The lowest BCUT2D eigenvalue weighted by Gasteiger charge is -2.34. The third-order valence-electron chi connectivity index (χ3n) is 3.12. The van der Waals surface area contributed by atoms with Crippen molar-refractivity contribution in [2.24, 2.45) is 5.92 Å². The van der Waals surface area contributed by atoms with Crippen molar-refractivity contribution in [1.82, 2.24) is 4.90 Å². The molecule has 88 valence electrons. The Kier molecular flexibility index (Phi) is 4.03. The number of rotatable bonds is 2. The quantitative estimate of drug-likeness (QED) is 0.769. The van der Waals surface area contributed by atoms with Gasteiger partial charge in [0.2, 0.25) is 5.91 Å². The summed E-state index contributed by atoms with van der Waals surface area (Å²) in [5.74, 6) is 0.935. The molecule has 0 aromatic carbocycles. The van der Waals surface area contributed by atoms with Crippen LogP contribution >= 0.6 is 27.3 Å². The van der Waals surface area contributed by atoms with Crippen LogP contribution in [0.25, 0.3) is 0 Å². The average molecular weight is 302 g/mol. The van der Waals surface area contributed by atoms with E-state index in [1.165, 1.54) is 0 Å². The van der Waals surface area contributed by atoms with Crippen molar-refractivity contribution in [3.8, 4) is 0 Å². The predicted molar refractivity (Wildman–Crippen MR) is 71.1 cm³/mol. The van der Waals surface area contributed by atoms with Crippen molar-refractivity contribution in [2.45, 2.75) is 24.6 Å². The molecule has 1 saturated heterocycles. The lowest BCUT2D eigenvalue weighted by molar-refractivity contribution is -0.131. The fourth-order valence-corrected chi connectivity index (χ4v) is 3.23. The average Bonchev–Trinajstić information content (AvgIpc) is 2.74. The largest absolute Gasteiger partial charge is 0.341 e. The van der Waals surface area contributed by atoms with E-state index in [0.717, 1.165) is 24.4 Å². The second kappa shape index (κ2) is 5.32. The highest BCUT2D eigenvalue weighted by molar-refractivity contribution is 9.09. The minimum absolute atomic E-state index is 0.263. The molecule has 0 saturated carbocycles. The highest BCUT2D eigenvalue weighted by Crippen LogP contribution is 2.24. The number of piperidine rings is 1. The van der Waals surface area contributed by atoms with E-state index in [-0.39, 0.29) is 5.91 Å². The van der Waals surface area contributed by atoms with Gasteiger partial charge in [-0.1, -0.05) is 28.9 Å². The van der Waals surface area contributed by atoms with Crippen LogP contribution < -0.4 is 0 Å². The molecule has 0 aliphatic carbocycles. The topological polar surface area (TPSA) is 20.3 Å². The van der Waals surface area contributed by atoms with Gasteiger partial charge in [0.25, 0.3) is 0 Å². The summed E-state index contributed by atoms with van der Waals surface area (Å²) >= 11 is 5.31. The van der Waals surface area contributed by atoms with E-state index < -0.39 is 0 Å². The second-order valence-electron chi connectivity index (χ2n) is 4.38. The minimum atomic E-state index is 0.263. The Hall–Kier alpha value is -0.350. The van der Waals surface area contributed by atoms with E-state index in [0.29, 0.717) is 17.2 Å². The molecule has 2 atom stereocenters. The summed E-state index contributed by atoms with van der Waals surface area (Å²) in [6, 6.07) is 4.03. The number of halogens is 1. The highest BCUT2D eigenvalue weighted by atomic mass is 79.9. The number of alkyl halides is 1. The van der Waals surface area contributed by atoms with Crippen LogP contribution in [0.1, 0.15) is 18.2 Å². The van der Waals surface area contributed by atoms with Crippen LogP contribution in [0.4, 0.5) is 0 Å². The zero-order valence-corrected chi connectivity index (χ0v) is 11.8. The molecule has 2 heterocycles. The van der Waals surface area contributed by atoms with Crippen molar-refractivity contribution >= 4 is 33.2 Å². The number of hydrogen-bond acceptors (Lipinski definition) is 2. The normalized spacial score (nSPS) is 25.8. The summed E-state index contributed by atoms with van der Waals surface area (Å²) in [7, 11) is 0. The molecule has 0 spiro atoms. The summed E-state index contributed by atoms with van der Waals surface area (Å²) in [6.45, 7) is 4.00. The number of amides is 1. The van der Waals surface area contributed by atoms with E-state index in [2.05, 4.69) is 22.9 Å². The molecule has 4 heteroatoms. The Morgan fingerprint density at radius 2 is 2.50 bits per heavy atom. The van der Waals surface area contributed by atoms with E-state index in [1.54, 1.807) is 11.3 Å². The van der Waals surface area contributed by atoms with Gasteiger partial charge in [-0.25, -0.2) is 0 Å². The zero-order valence-electron chi connectivity index (χ0n) is 9.36. The fourth-order valence-electron chi connectivity index (χ4n) is 1.92. The van der Waals surface area contributed by atoms with E-state index in [1.807, 2.05) is 22.4 Å². The summed E-state index contributed by atoms with van der Waals surface area (Å²) in [6.07, 6.45) is 1.66. The smallest absolute Gasteiger partial charge is 0.227 e. The predicted octanol–water partition coefficient (Wildman–Crippen LogP) is 2.92. The summed E-state index contributed by atoms with van der Waals surface area (Å²) in [5.41, 5.74) is 0. The number of nitrogens with zero attached hydrogens (tertiary/aromatic N) is 1. The van der Waals surface area contributed by atoms with Gasteiger partial charge in [-0.15, -0.1) is 11.3 Å². The molecule has 2 unspecified atom stereocenters. The van der Waals surface area contributed by atoms with Crippen LogP contribution in [0.15, 0.2) is 17.5 Å². The van der Waals surface area contributed by atoms with Gasteiger partial charge in [0.15, 0.2) is 0 Å². The first-order valence-corrected chi connectivity index (χ1v) is 7.40. The molecule has 0 radical (unpaired) electrons. The first-order chi connectivity index (χ1) is 7.66. The number of thiophene rings is 1. The van der Waals surface area contributed by atoms with Gasteiger partial charge in [0.1, 0.15) is 0 Å². The number of likely N-dealkylation sites (tertiary alicyclic amines) is 1. The van der Waals surface area contributed by atoms with E-state index in [4.69, 9.17) is 0 Å². The molecule has 0 N–H and O–H groups in total. The molecule has 1 fully saturated rings. The Morgan fingerprint density at radius 3 is 3.12 bits per heavy atom. The Balaban J connectivity index is 1.90. The highest BCUT2D eigenvalue weighted by Gasteiger charge is 2.26. The van der Waals surface area contributed by atoms with Crippen molar-refractivity contribution in [1.29, 1.82) is 0 Å². The SMILES string of the molecule is CC1CCN(C(=O)Cc2cccs2)CC1Br. The molecule has 1 aliphatic rings. The van der Waals surface area contributed by atoms with Crippen molar-refractivity contribution in [3.63, 3.8) is 0 Å². The number of carbonyl (C=O) groups excluding carboxylic acids is 1. The molecule has 16 heavy (non-hydrogen) atoms. The zero-order chi connectivity index (χ0) is 11.5. The fraction of sp³-hybridized carbons (Fsp3) is 0.583. The molecule has 2 nitrogen and oxygen atoms in total. The van der Waals surface area contributed by atoms with Gasteiger partial charge >= 0.3 is 0 Å². The maximum absolute atomic E-state index is 12.0. The molecule has 1 aromatic heterocycles. The molecular formula is C12H16BrNOS. The van der Waals surface area contributed by atoms with Crippen LogP contribution in [0.2, 0.25) is 0 Å². The van der Waals surface area contributed by atoms with Crippen molar-refractivity contribution in [3.05, 3.63) is 22.4 Å². The third kappa shape index (κ3) is 2.86.